The Morgan fingerprint density at radius 3 is 1.38 bits per heavy atom. The highest BCUT2D eigenvalue weighted by Crippen LogP contribution is 2.36. The van der Waals surface area contributed by atoms with Crippen LogP contribution in [0.5, 0.6) is 0 Å². The maximum Gasteiger partial charge on any atom is 0.0541 e. The molecular formula is C30H23NSi. The summed E-state index contributed by atoms with van der Waals surface area (Å²) in [6.07, 6.45) is 0. The zero-order chi connectivity index (χ0) is 21.5. The molecule has 0 aliphatic rings. The summed E-state index contributed by atoms with van der Waals surface area (Å²) in [5.74, 6) is 0. The Bertz CT molecular complexity index is 1450. The van der Waals surface area contributed by atoms with E-state index in [1.165, 1.54) is 54.9 Å². The van der Waals surface area contributed by atoms with Crippen LogP contribution in [0, 0.1) is 0 Å². The first-order valence-electron chi connectivity index (χ1n) is 11.0. The largest absolute Gasteiger partial charge is 0.309 e. The Morgan fingerprint density at radius 2 is 0.906 bits per heavy atom. The smallest absolute Gasteiger partial charge is 0.0541 e. The predicted octanol–water partition coefficient (Wildman–Crippen LogP) is 6.11. The molecule has 0 atom stereocenters. The molecule has 0 amide bonds. The lowest BCUT2D eigenvalue weighted by molar-refractivity contribution is 1.18. The first-order valence-corrected chi connectivity index (χ1v) is 12.0. The van der Waals surface area contributed by atoms with Crippen LogP contribution in [0.1, 0.15) is 0 Å². The molecule has 0 unspecified atom stereocenters. The molecule has 0 radical (unpaired) electrons. The van der Waals surface area contributed by atoms with Gasteiger partial charge in [0.15, 0.2) is 0 Å². The minimum absolute atomic E-state index is 1.07. The number of fused-ring (bicyclic) bond motifs is 3. The standard InChI is InChI=1S/C30H23NSi/c32-26-15-13-25(14-16-26)31-29-17-11-23(21-7-3-1-4-8-21)19-27(29)28-20-24(12-18-30(28)31)22-9-5-2-6-10-22/h1-20H,32H3. The normalized spacial score (nSPS) is 11.4. The summed E-state index contributed by atoms with van der Waals surface area (Å²) in [6, 6.07) is 44.0. The number of hydrogen-bond acceptors (Lipinski definition) is 0. The first kappa shape index (κ1) is 18.9. The van der Waals surface area contributed by atoms with Crippen LogP contribution in [-0.4, -0.2) is 14.8 Å². The molecule has 1 nitrogen and oxygen atoms in total. The van der Waals surface area contributed by atoms with E-state index in [1.807, 2.05) is 0 Å². The molecule has 1 aromatic heterocycles. The fraction of sp³-hybridized carbons (Fsp3) is 0. The molecule has 0 aliphatic carbocycles. The van der Waals surface area contributed by atoms with Gasteiger partial charge >= 0.3 is 0 Å². The van der Waals surface area contributed by atoms with Gasteiger partial charge in [-0.05, 0) is 58.7 Å². The van der Waals surface area contributed by atoms with Gasteiger partial charge < -0.3 is 4.57 Å². The highest BCUT2D eigenvalue weighted by molar-refractivity contribution is 6.32. The zero-order valence-corrected chi connectivity index (χ0v) is 20.0. The van der Waals surface area contributed by atoms with E-state index >= 15 is 0 Å². The number of hydrogen-bond donors (Lipinski definition) is 0. The van der Waals surface area contributed by atoms with Crippen molar-refractivity contribution in [2.75, 3.05) is 0 Å². The SMILES string of the molecule is [SiH3]c1ccc(-n2c3ccc(-c4ccccc4)cc3c3cc(-c4ccccc4)ccc32)cc1. The van der Waals surface area contributed by atoms with Crippen LogP contribution in [0.2, 0.25) is 0 Å². The van der Waals surface area contributed by atoms with E-state index in [-0.39, 0.29) is 0 Å². The van der Waals surface area contributed by atoms with Crippen molar-refractivity contribution in [3.63, 3.8) is 0 Å². The lowest BCUT2D eigenvalue weighted by Crippen LogP contribution is -2.02. The molecule has 2 heteroatoms. The number of aromatic nitrogens is 1. The van der Waals surface area contributed by atoms with Crippen molar-refractivity contribution >= 4 is 37.2 Å². The Morgan fingerprint density at radius 1 is 0.438 bits per heavy atom. The second-order valence-corrected chi connectivity index (χ2v) is 9.52. The molecule has 0 N–H and O–H groups in total. The highest BCUT2D eigenvalue weighted by atomic mass is 28.1. The minimum atomic E-state index is 1.07. The molecule has 1 heterocycles. The van der Waals surface area contributed by atoms with E-state index in [0.717, 1.165) is 10.2 Å². The predicted molar refractivity (Wildman–Crippen MR) is 141 cm³/mol. The summed E-state index contributed by atoms with van der Waals surface area (Å²) in [5.41, 5.74) is 8.68. The molecule has 32 heavy (non-hydrogen) atoms. The third kappa shape index (κ3) is 3.17. The van der Waals surface area contributed by atoms with Gasteiger partial charge in [-0.15, -0.1) is 0 Å². The summed E-state index contributed by atoms with van der Waals surface area (Å²) in [6.45, 7) is 0. The van der Waals surface area contributed by atoms with Gasteiger partial charge in [-0.2, -0.15) is 0 Å². The number of rotatable bonds is 3. The molecule has 5 aromatic carbocycles. The fourth-order valence-corrected chi connectivity index (χ4v) is 4.95. The van der Waals surface area contributed by atoms with Gasteiger partial charge in [-0.1, -0.05) is 90.1 Å². The van der Waals surface area contributed by atoms with E-state index in [4.69, 9.17) is 0 Å². The third-order valence-electron chi connectivity index (χ3n) is 6.27. The van der Waals surface area contributed by atoms with Crippen LogP contribution in [0.4, 0.5) is 0 Å². The van der Waals surface area contributed by atoms with Gasteiger partial charge in [0.05, 0.1) is 11.0 Å². The van der Waals surface area contributed by atoms with Crippen molar-refractivity contribution in [3.05, 3.63) is 121 Å². The number of nitrogens with zero attached hydrogens (tertiary/aromatic N) is 1. The van der Waals surface area contributed by atoms with Crippen molar-refractivity contribution in [1.82, 2.24) is 4.57 Å². The second-order valence-electron chi connectivity index (χ2n) is 8.37. The topological polar surface area (TPSA) is 4.93 Å². The van der Waals surface area contributed by atoms with E-state index < -0.39 is 0 Å². The maximum atomic E-state index is 2.40. The van der Waals surface area contributed by atoms with Crippen LogP contribution in [-0.2, 0) is 0 Å². The Labute approximate surface area is 191 Å². The molecule has 0 saturated carbocycles. The summed E-state index contributed by atoms with van der Waals surface area (Å²) in [4.78, 5) is 0. The van der Waals surface area contributed by atoms with Gasteiger partial charge in [0.2, 0.25) is 0 Å². The van der Waals surface area contributed by atoms with Gasteiger partial charge in [-0.3, -0.25) is 0 Å². The second kappa shape index (κ2) is 7.67. The van der Waals surface area contributed by atoms with Crippen LogP contribution in [0.25, 0.3) is 49.7 Å². The minimum Gasteiger partial charge on any atom is -0.309 e. The van der Waals surface area contributed by atoms with Crippen molar-refractivity contribution < 1.29 is 0 Å². The average Bonchev–Trinajstić information content (AvgIpc) is 3.19. The van der Waals surface area contributed by atoms with Gasteiger partial charge in [0.1, 0.15) is 0 Å². The van der Waals surface area contributed by atoms with Gasteiger partial charge in [0, 0.05) is 26.7 Å². The Kier molecular flexibility index (Phi) is 4.52. The lowest BCUT2D eigenvalue weighted by atomic mass is 10.0. The van der Waals surface area contributed by atoms with Crippen molar-refractivity contribution in [2.45, 2.75) is 0 Å². The Hall–Kier alpha value is -3.88. The van der Waals surface area contributed by atoms with Gasteiger partial charge in [0.25, 0.3) is 0 Å². The molecule has 6 aromatic rings. The van der Waals surface area contributed by atoms with Crippen molar-refractivity contribution in [3.8, 4) is 27.9 Å². The molecule has 0 spiro atoms. The van der Waals surface area contributed by atoms with Crippen LogP contribution in [0.15, 0.2) is 121 Å². The summed E-state index contributed by atoms with van der Waals surface area (Å²) in [7, 11) is 1.07. The van der Waals surface area contributed by atoms with Crippen LogP contribution >= 0.6 is 0 Å². The van der Waals surface area contributed by atoms with Crippen molar-refractivity contribution in [1.29, 1.82) is 0 Å². The highest BCUT2D eigenvalue weighted by Gasteiger charge is 2.14. The average molecular weight is 426 g/mol. The first-order chi connectivity index (χ1) is 15.8. The summed E-state index contributed by atoms with van der Waals surface area (Å²) in [5, 5.41) is 3.98. The molecule has 0 aliphatic heterocycles. The van der Waals surface area contributed by atoms with Crippen molar-refractivity contribution in [2.24, 2.45) is 0 Å². The molecule has 152 valence electrons. The molecule has 0 saturated heterocycles. The quantitative estimate of drug-likeness (QED) is 0.302. The maximum absolute atomic E-state index is 2.40. The fourth-order valence-electron chi connectivity index (χ4n) is 4.62. The molecular weight excluding hydrogens is 402 g/mol. The van der Waals surface area contributed by atoms with E-state index in [2.05, 4.69) is 126 Å². The molecule has 0 bridgehead atoms. The molecule has 6 rings (SSSR count). The number of benzene rings is 5. The molecule has 0 fully saturated rings. The summed E-state index contributed by atoms with van der Waals surface area (Å²) < 4.78 is 2.40. The third-order valence-corrected chi connectivity index (χ3v) is 6.94. The summed E-state index contributed by atoms with van der Waals surface area (Å²) >= 11 is 0. The Balaban J connectivity index is 1.66. The van der Waals surface area contributed by atoms with E-state index in [1.54, 1.807) is 0 Å². The van der Waals surface area contributed by atoms with Crippen LogP contribution in [0.3, 0.4) is 0 Å². The monoisotopic (exact) mass is 425 g/mol. The zero-order valence-electron chi connectivity index (χ0n) is 18.0. The van der Waals surface area contributed by atoms with E-state index in [9.17, 15) is 0 Å². The van der Waals surface area contributed by atoms with Gasteiger partial charge in [-0.25, -0.2) is 0 Å². The lowest BCUT2D eigenvalue weighted by Gasteiger charge is -2.09. The van der Waals surface area contributed by atoms with E-state index in [0.29, 0.717) is 0 Å². The van der Waals surface area contributed by atoms with Crippen LogP contribution < -0.4 is 5.19 Å².